The molecule has 0 aromatic heterocycles. The minimum Gasteiger partial charge on any atom is -0.481 e. The molecule has 108 valence electrons. The predicted molar refractivity (Wildman–Crippen MR) is 82.3 cm³/mol. The SMILES string of the molecule is Cc1ccc(/C=C/C(=O)NC(C)C(C)C(=O)O)c(Br)c1. The van der Waals surface area contributed by atoms with Crippen LogP contribution in [0.4, 0.5) is 0 Å². The van der Waals surface area contributed by atoms with Gasteiger partial charge in [-0.25, -0.2) is 0 Å². The second-order valence-corrected chi connectivity index (χ2v) is 5.64. The van der Waals surface area contributed by atoms with Gasteiger partial charge in [0.2, 0.25) is 5.91 Å². The molecule has 2 N–H and O–H groups in total. The highest BCUT2D eigenvalue weighted by atomic mass is 79.9. The molecule has 0 fully saturated rings. The van der Waals surface area contributed by atoms with Gasteiger partial charge in [-0.05, 0) is 44.0 Å². The summed E-state index contributed by atoms with van der Waals surface area (Å²) in [4.78, 5) is 22.5. The monoisotopic (exact) mass is 339 g/mol. The number of carbonyl (C=O) groups is 2. The van der Waals surface area contributed by atoms with Crippen molar-refractivity contribution in [1.29, 1.82) is 0 Å². The van der Waals surface area contributed by atoms with E-state index in [1.165, 1.54) is 6.08 Å². The Morgan fingerprint density at radius 1 is 1.35 bits per heavy atom. The molecular weight excluding hydrogens is 322 g/mol. The third-order valence-electron chi connectivity index (χ3n) is 3.08. The molecule has 2 atom stereocenters. The van der Waals surface area contributed by atoms with E-state index >= 15 is 0 Å². The van der Waals surface area contributed by atoms with Crippen molar-refractivity contribution in [2.24, 2.45) is 5.92 Å². The fourth-order valence-electron chi connectivity index (χ4n) is 1.54. The van der Waals surface area contributed by atoms with Crippen LogP contribution in [0.25, 0.3) is 6.08 Å². The van der Waals surface area contributed by atoms with Gasteiger partial charge in [-0.1, -0.05) is 28.1 Å². The van der Waals surface area contributed by atoms with Gasteiger partial charge in [0, 0.05) is 16.6 Å². The van der Waals surface area contributed by atoms with E-state index in [4.69, 9.17) is 5.11 Å². The van der Waals surface area contributed by atoms with Crippen molar-refractivity contribution in [1.82, 2.24) is 5.32 Å². The maximum atomic E-state index is 11.7. The molecule has 0 heterocycles. The summed E-state index contributed by atoms with van der Waals surface area (Å²) in [6, 6.07) is 5.41. The molecule has 0 bridgehead atoms. The van der Waals surface area contributed by atoms with Crippen LogP contribution in [-0.2, 0) is 9.59 Å². The number of benzene rings is 1. The van der Waals surface area contributed by atoms with Crippen molar-refractivity contribution < 1.29 is 14.7 Å². The third-order valence-corrected chi connectivity index (χ3v) is 3.77. The first kappa shape index (κ1) is 16.4. The van der Waals surface area contributed by atoms with Crippen molar-refractivity contribution >= 4 is 33.9 Å². The first-order chi connectivity index (χ1) is 9.31. The molecule has 0 saturated heterocycles. The molecule has 0 aliphatic heterocycles. The molecule has 1 aromatic rings. The summed E-state index contributed by atoms with van der Waals surface area (Å²) in [6.07, 6.45) is 3.09. The first-order valence-electron chi connectivity index (χ1n) is 6.28. The van der Waals surface area contributed by atoms with E-state index in [1.807, 2.05) is 25.1 Å². The average Bonchev–Trinajstić information content (AvgIpc) is 2.36. The summed E-state index contributed by atoms with van der Waals surface area (Å²) in [5.74, 6) is -1.86. The molecule has 2 unspecified atom stereocenters. The van der Waals surface area contributed by atoms with E-state index in [0.717, 1.165) is 15.6 Å². The zero-order valence-corrected chi connectivity index (χ0v) is 13.3. The Kier molecular flexibility index (Phi) is 5.95. The Balaban J connectivity index is 2.66. The number of aryl methyl sites for hydroxylation is 1. The topological polar surface area (TPSA) is 66.4 Å². The molecule has 5 heteroatoms. The maximum Gasteiger partial charge on any atom is 0.308 e. The molecule has 0 aliphatic rings. The van der Waals surface area contributed by atoms with E-state index in [9.17, 15) is 9.59 Å². The quantitative estimate of drug-likeness (QED) is 0.810. The summed E-state index contributed by atoms with van der Waals surface area (Å²) >= 11 is 3.43. The smallest absolute Gasteiger partial charge is 0.308 e. The number of carboxylic acids is 1. The number of hydrogen-bond acceptors (Lipinski definition) is 2. The second kappa shape index (κ2) is 7.24. The van der Waals surface area contributed by atoms with Crippen LogP contribution in [0.3, 0.4) is 0 Å². The van der Waals surface area contributed by atoms with Crippen LogP contribution >= 0.6 is 15.9 Å². The molecule has 4 nitrogen and oxygen atoms in total. The number of aliphatic carboxylic acids is 1. The minimum absolute atomic E-state index is 0.307. The van der Waals surface area contributed by atoms with E-state index in [1.54, 1.807) is 19.9 Å². The standard InChI is InChI=1S/C15H18BrNO3/c1-9-4-5-12(13(16)8-9)6-7-14(18)17-11(3)10(2)15(19)20/h4-8,10-11H,1-3H3,(H,17,18)(H,19,20)/b7-6+. The van der Waals surface area contributed by atoms with Gasteiger partial charge in [0.05, 0.1) is 5.92 Å². The van der Waals surface area contributed by atoms with Crippen LogP contribution in [0, 0.1) is 12.8 Å². The largest absolute Gasteiger partial charge is 0.481 e. The molecule has 1 aromatic carbocycles. The molecular formula is C15H18BrNO3. The number of carboxylic acid groups (broad SMARTS) is 1. The first-order valence-corrected chi connectivity index (χ1v) is 7.08. The molecule has 0 radical (unpaired) electrons. The van der Waals surface area contributed by atoms with Crippen molar-refractivity contribution in [3.05, 3.63) is 39.9 Å². The van der Waals surface area contributed by atoms with E-state index < -0.39 is 17.9 Å². The highest BCUT2D eigenvalue weighted by molar-refractivity contribution is 9.10. The Labute approximate surface area is 127 Å². The Bertz CT molecular complexity index is 540. The minimum atomic E-state index is -0.928. The maximum absolute atomic E-state index is 11.7. The highest BCUT2D eigenvalue weighted by Crippen LogP contribution is 2.19. The molecule has 0 saturated carbocycles. The van der Waals surface area contributed by atoms with Gasteiger partial charge in [-0.2, -0.15) is 0 Å². The summed E-state index contributed by atoms with van der Waals surface area (Å²) in [7, 11) is 0. The van der Waals surface area contributed by atoms with Gasteiger partial charge in [-0.15, -0.1) is 0 Å². The summed E-state index contributed by atoms with van der Waals surface area (Å²) in [5, 5.41) is 11.5. The lowest BCUT2D eigenvalue weighted by Crippen LogP contribution is -2.39. The molecule has 20 heavy (non-hydrogen) atoms. The average molecular weight is 340 g/mol. The molecule has 0 aliphatic carbocycles. The van der Waals surface area contributed by atoms with Gasteiger partial charge in [-0.3, -0.25) is 9.59 Å². The van der Waals surface area contributed by atoms with Gasteiger partial charge in [0.15, 0.2) is 0 Å². The summed E-state index contributed by atoms with van der Waals surface area (Å²) in [5.41, 5.74) is 2.02. The van der Waals surface area contributed by atoms with Crippen LogP contribution in [-0.4, -0.2) is 23.0 Å². The van der Waals surface area contributed by atoms with Gasteiger partial charge < -0.3 is 10.4 Å². The lowest BCUT2D eigenvalue weighted by molar-refractivity contribution is -0.142. The normalized spacial score (nSPS) is 14.0. The summed E-state index contributed by atoms with van der Waals surface area (Å²) < 4.78 is 0.911. The Morgan fingerprint density at radius 3 is 2.55 bits per heavy atom. The van der Waals surface area contributed by atoms with E-state index in [2.05, 4.69) is 21.2 Å². The van der Waals surface area contributed by atoms with Crippen LogP contribution in [0.1, 0.15) is 25.0 Å². The van der Waals surface area contributed by atoms with Crippen LogP contribution < -0.4 is 5.32 Å². The number of nitrogens with one attached hydrogen (secondary N) is 1. The second-order valence-electron chi connectivity index (χ2n) is 4.78. The fourth-order valence-corrected chi connectivity index (χ4v) is 2.17. The van der Waals surface area contributed by atoms with E-state index in [-0.39, 0.29) is 5.91 Å². The third kappa shape index (κ3) is 4.81. The molecule has 0 spiro atoms. The van der Waals surface area contributed by atoms with Crippen molar-refractivity contribution in [3.8, 4) is 0 Å². The van der Waals surface area contributed by atoms with Crippen molar-refractivity contribution in [2.75, 3.05) is 0 Å². The van der Waals surface area contributed by atoms with E-state index in [0.29, 0.717) is 0 Å². The van der Waals surface area contributed by atoms with Crippen LogP contribution in [0.15, 0.2) is 28.7 Å². The van der Waals surface area contributed by atoms with Gasteiger partial charge in [0.1, 0.15) is 0 Å². The predicted octanol–water partition coefficient (Wildman–Crippen LogP) is 3.00. The number of hydrogen-bond donors (Lipinski definition) is 2. The van der Waals surface area contributed by atoms with Crippen molar-refractivity contribution in [3.63, 3.8) is 0 Å². The molecule has 1 amide bonds. The number of carbonyl (C=O) groups excluding carboxylic acids is 1. The molecule has 1 rings (SSSR count). The number of rotatable bonds is 5. The Hall–Kier alpha value is -1.62. The number of amides is 1. The van der Waals surface area contributed by atoms with Gasteiger partial charge in [0.25, 0.3) is 0 Å². The van der Waals surface area contributed by atoms with Crippen molar-refractivity contribution in [2.45, 2.75) is 26.8 Å². The fraction of sp³-hybridized carbons (Fsp3) is 0.333. The zero-order valence-electron chi connectivity index (χ0n) is 11.7. The van der Waals surface area contributed by atoms with Crippen LogP contribution in [0.5, 0.6) is 0 Å². The Morgan fingerprint density at radius 2 is 2.00 bits per heavy atom. The lowest BCUT2D eigenvalue weighted by Gasteiger charge is -2.16. The van der Waals surface area contributed by atoms with Crippen LogP contribution in [0.2, 0.25) is 0 Å². The van der Waals surface area contributed by atoms with Gasteiger partial charge >= 0.3 is 5.97 Å². The zero-order chi connectivity index (χ0) is 15.3. The summed E-state index contributed by atoms with van der Waals surface area (Å²) in [6.45, 7) is 5.22. The number of halogens is 1. The lowest BCUT2D eigenvalue weighted by atomic mass is 10.0. The highest BCUT2D eigenvalue weighted by Gasteiger charge is 2.19.